The molecule has 0 aromatic heterocycles. The summed E-state index contributed by atoms with van der Waals surface area (Å²) in [5, 5.41) is 3.80. The minimum atomic E-state index is 0.283. The second-order valence-corrected chi connectivity index (χ2v) is 10.8. The molecule has 0 radical (unpaired) electrons. The van der Waals surface area contributed by atoms with Crippen LogP contribution in [0, 0.1) is 5.92 Å². The van der Waals surface area contributed by atoms with Gasteiger partial charge < -0.3 is 14.8 Å². The van der Waals surface area contributed by atoms with E-state index in [4.69, 9.17) is 14.5 Å². The number of allylic oxidation sites excluding steroid dienone is 2. The second-order valence-electron chi connectivity index (χ2n) is 9.95. The van der Waals surface area contributed by atoms with Crippen LogP contribution < -0.4 is 14.8 Å². The van der Waals surface area contributed by atoms with E-state index in [9.17, 15) is 0 Å². The van der Waals surface area contributed by atoms with Crippen LogP contribution in [0.15, 0.2) is 113 Å². The van der Waals surface area contributed by atoms with E-state index in [0.717, 1.165) is 27.7 Å². The zero-order valence-corrected chi connectivity index (χ0v) is 23.5. The molecule has 0 unspecified atom stereocenters. The van der Waals surface area contributed by atoms with Crippen LogP contribution >= 0.6 is 15.9 Å². The highest BCUT2D eigenvalue weighted by molar-refractivity contribution is 9.10. The molecular weight excluding hydrogens is 548 g/mol. The Morgan fingerprint density at radius 3 is 2.56 bits per heavy atom. The van der Waals surface area contributed by atoms with Crippen molar-refractivity contribution in [1.29, 1.82) is 0 Å². The Balaban J connectivity index is 1.18. The molecule has 6 rings (SSSR count). The normalized spacial score (nSPS) is 19.4. The third-order valence-corrected chi connectivity index (χ3v) is 8.03. The molecule has 0 bridgehead atoms. The summed E-state index contributed by atoms with van der Waals surface area (Å²) in [7, 11) is 0. The maximum Gasteiger partial charge on any atom is 0.175 e. The lowest BCUT2D eigenvalue weighted by Crippen LogP contribution is -2.28. The van der Waals surface area contributed by atoms with Crippen LogP contribution in [-0.4, -0.2) is 12.8 Å². The van der Waals surface area contributed by atoms with Gasteiger partial charge in [-0.3, -0.25) is 4.99 Å². The molecule has 1 N–H and O–H groups in total. The third-order valence-electron chi connectivity index (χ3n) is 7.44. The van der Waals surface area contributed by atoms with E-state index >= 15 is 0 Å². The van der Waals surface area contributed by atoms with Gasteiger partial charge in [-0.15, -0.1) is 0 Å². The molecule has 5 heteroatoms. The number of halogens is 1. The molecule has 4 aromatic rings. The molecule has 2 aliphatic rings. The lowest BCUT2D eigenvalue weighted by atomic mass is 9.77. The van der Waals surface area contributed by atoms with E-state index in [1.807, 2.05) is 55.6 Å². The largest absolute Gasteiger partial charge is 0.490 e. The number of rotatable bonds is 8. The van der Waals surface area contributed by atoms with Gasteiger partial charge in [0.1, 0.15) is 6.61 Å². The molecule has 1 aliphatic heterocycles. The van der Waals surface area contributed by atoms with Crippen LogP contribution in [-0.2, 0) is 6.61 Å². The first kappa shape index (κ1) is 25.4. The van der Waals surface area contributed by atoms with Gasteiger partial charge in [0.25, 0.3) is 0 Å². The number of aliphatic imine (C=N–C) groups is 1. The number of nitrogens with one attached hydrogen (secondary N) is 1. The van der Waals surface area contributed by atoms with Crippen molar-refractivity contribution in [2.45, 2.75) is 31.9 Å². The lowest BCUT2D eigenvalue weighted by Gasteiger charge is -2.37. The molecule has 3 atom stereocenters. The summed E-state index contributed by atoms with van der Waals surface area (Å²) < 4.78 is 12.9. The zero-order chi connectivity index (χ0) is 26.6. The fourth-order valence-electron chi connectivity index (χ4n) is 5.59. The predicted molar refractivity (Wildman–Crippen MR) is 163 cm³/mol. The van der Waals surface area contributed by atoms with Crippen molar-refractivity contribution < 1.29 is 9.47 Å². The number of hydrogen-bond acceptors (Lipinski definition) is 4. The minimum Gasteiger partial charge on any atom is -0.490 e. The smallest absolute Gasteiger partial charge is 0.175 e. The van der Waals surface area contributed by atoms with E-state index in [1.54, 1.807) is 0 Å². The molecule has 1 heterocycles. The van der Waals surface area contributed by atoms with Gasteiger partial charge in [-0.1, -0.05) is 72.8 Å². The van der Waals surface area contributed by atoms with Crippen molar-refractivity contribution in [2.75, 3.05) is 11.9 Å². The van der Waals surface area contributed by atoms with Crippen LogP contribution in [0.4, 0.5) is 11.4 Å². The summed E-state index contributed by atoms with van der Waals surface area (Å²) in [6.45, 7) is 2.99. The van der Waals surface area contributed by atoms with Crippen molar-refractivity contribution in [1.82, 2.24) is 0 Å². The molecule has 0 spiro atoms. The van der Waals surface area contributed by atoms with Gasteiger partial charge in [0.15, 0.2) is 11.5 Å². The number of para-hydroxylation sites is 1. The van der Waals surface area contributed by atoms with Crippen LogP contribution in [0.5, 0.6) is 11.5 Å². The van der Waals surface area contributed by atoms with Gasteiger partial charge in [0, 0.05) is 17.8 Å². The van der Waals surface area contributed by atoms with Crippen molar-refractivity contribution in [3.05, 3.63) is 130 Å². The second kappa shape index (κ2) is 11.5. The average molecular weight is 580 g/mol. The van der Waals surface area contributed by atoms with E-state index in [0.29, 0.717) is 36.5 Å². The minimum absolute atomic E-state index is 0.283. The molecule has 4 aromatic carbocycles. The number of fused-ring (bicyclic) bond motifs is 3. The average Bonchev–Trinajstić information content (AvgIpc) is 3.47. The molecule has 1 aliphatic carbocycles. The number of hydrogen-bond donors (Lipinski definition) is 1. The number of nitrogens with zero attached hydrogens (tertiary/aromatic N) is 1. The maximum absolute atomic E-state index is 6.12. The first-order valence-corrected chi connectivity index (χ1v) is 14.3. The monoisotopic (exact) mass is 578 g/mol. The molecular formula is C34H31BrN2O2. The topological polar surface area (TPSA) is 42.8 Å². The summed E-state index contributed by atoms with van der Waals surface area (Å²) in [5.74, 6) is 2.40. The fraction of sp³-hybridized carbons (Fsp3) is 0.206. The van der Waals surface area contributed by atoms with Crippen molar-refractivity contribution in [3.8, 4) is 11.5 Å². The Bertz CT molecular complexity index is 1500. The van der Waals surface area contributed by atoms with Gasteiger partial charge in [-0.25, -0.2) is 0 Å². The van der Waals surface area contributed by atoms with Gasteiger partial charge in [-0.05, 0) is 87.8 Å². The summed E-state index contributed by atoms with van der Waals surface area (Å²) in [6.07, 6.45) is 7.67. The highest BCUT2D eigenvalue weighted by Gasteiger charge is 2.37. The molecule has 196 valence electrons. The quantitative estimate of drug-likeness (QED) is 0.167. The summed E-state index contributed by atoms with van der Waals surface area (Å²) in [4.78, 5) is 4.76. The third kappa shape index (κ3) is 5.50. The lowest BCUT2D eigenvalue weighted by molar-refractivity contribution is 0.267. The van der Waals surface area contributed by atoms with E-state index in [-0.39, 0.29) is 6.04 Å². The Kier molecular flexibility index (Phi) is 7.51. The molecule has 0 fully saturated rings. The highest BCUT2D eigenvalue weighted by atomic mass is 79.9. The highest BCUT2D eigenvalue weighted by Crippen LogP contribution is 2.49. The molecule has 0 saturated heterocycles. The predicted octanol–water partition coefficient (Wildman–Crippen LogP) is 9.00. The molecule has 0 amide bonds. The van der Waals surface area contributed by atoms with Crippen LogP contribution in [0.2, 0.25) is 0 Å². The van der Waals surface area contributed by atoms with Gasteiger partial charge in [-0.2, -0.15) is 0 Å². The summed E-state index contributed by atoms with van der Waals surface area (Å²) in [5.41, 5.74) is 6.89. The Labute approximate surface area is 238 Å². The Morgan fingerprint density at radius 1 is 0.949 bits per heavy atom. The first-order valence-electron chi connectivity index (χ1n) is 13.5. The fourth-order valence-corrected chi connectivity index (χ4v) is 6.16. The van der Waals surface area contributed by atoms with E-state index in [2.05, 4.69) is 81.9 Å². The van der Waals surface area contributed by atoms with Crippen LogP contribution in [0.3, 0.4) is 0 Å². The standard InChI is InChI=1S/C34H31BrN2O2/c1-2-38-32-20-24(19-30(35)34(32)39-22-23-9-4-3-5-10-23)21-36-26-17-15-25(16-18-26)33-29-13-8-12-27(29)28-11-6-7-14-31(28)37-33/h3-12,14-21,27,29,33,37H,2,13,22H2,1H3/t27-,29+,33-/m0/s1. The maximum atomic E-state index is 6.12. The number of benzene rings is 4. The Hall–Kier alpha value is -3.83. The SMILES string of the molecule is CCOc1cc(C=Nc2ccc([C@@H]3Nc4ccccc4[C@@H]4C=CC[C@H]43)cc2)cc(Br)c1OCc1ccccc1. The van der Waals surface area contributed by atoms with Crippen LogP contribution in [0.25, 0.3) is 0 Å². The van der Waals surface area contributed by atoms with Gasteiger partial charge in [0.05, 0.1) is 22.8 Å². The molecule has 0 saturated carbocycles. The molecule has 4 nitrogen and oxygen atoms in total. The summed E-state index contributed by atoms with van der Waals surface area (Å²) in [6, 6.07) is 31.7. The van der Waals surface area contributed by atoms with Crippen molar-refractivity contribution in [2.24, 2.45) is 10.9 Å². The first-order chi connectivity index (χ1) is 19.2. The Morgan fingerprint density at radius 2 is 1.74 bits per heavy atom. The summed E-state index contributed by atoms with van der Waals surface area (Å²) >= 11 is 3.68. The van der Waals surface area contributed by atoms with E-state index < -0.39 is 0 Å². The number of ether oxygens (including phenoxy) is 2. The van der Waals surface area contributed by atoms with Gasteiger partial charge in [0.2, 0.25) is 0 Å². The zero-order valence-electron chi connectivity index (χ0n) is 21.9. The van der Waals surface area contributed by atoms with Crippen LogP contribution in [0.1, 0.15) is 47.6 Å². The van der Waals surface area contributed by atoms with E-state index in [1.165, 1.54) is 16.8 Å². The number of anilines is 1. The van der Waals surface area contributed by atoms with Gasteiger partial charge >= 0.3 is 0 Å². The van der Waals surface area contributed by atoms with Crippen molar-refractivity contribution in [3.63, 3.8) is 0 Å². The molecule has 39 heavy (non-hydrogen) atoms. The van der Waals surface area contributed by atoms with Crippen molar-refractivity contribution >= 4 is 33.5 Å².